The van der Waals surface area contributed by atoms with Gasteiger partial charge in [0.2, 0.25) is 0 Å². The number of hydrogen-bond donors (Lipinski definition) is 0. The first-order chi connectivity index (χ1) is 9.67. The Morgan fingerprint density at radius 2 is 2.00 bits per heavy atom. The number of allylic oxidation sites excluding steroid dienone is 1. The fourth-order valence-corrected chi connectivity index (χ4v) is 1.97. The Labute approximate surface area is 124 Å². The molecule has 0 spiro atoms. The molecule has 0 N–H and O–H groups in total. The van der Waals surface area contributed by atoms with Gasteiger partial charge in [-0.15, -0.1) is 0 Å². The quantitative estimate of drug-likeness (QED) is 0.782. The maximum Gasteiger partial charge on any atom is 0.195 e. The van der Waals surface area contributed by atoms with Crippen molar-refractivity contribution in [1.82, 2.24) is 4.98 Å². The van der Waals surface area contributed by atoms with E-state index in [0.29, 0.717) is 21.5 Å². The van der Waals surface area contributed by atoms with Gasteiger partial charge in [-0.3, -0.25) is 9.78 Å². The first kappa shape index (κ1) is 16.1. The zero-order valence-corrected chi connectivity index (χ0v) is 12.7. The summed E-state index contributed by atoms with van der Waals surface area (Å²) in [6, 6.07) is 5.29. The predicted octanol–water partition coefficient (Wildman–Crippen LogP) is 4.95. The van der Waals surface area contributed by atoms with E-state index in [1.165, 1.54) is 6.20 Å². The van der Waals surface area contributed by atoms with Gasteiger partial charge in [0.05, 0.1) is 10.5 Å². The van der Waals surface area contributed by atoms with Crippen molar-refractivity contribution >= 4 is 34.7 Å². The molecule has 20 heavy (non-hydrogen) atoms. The summed E-state index contributed by atoms with van der Waals surface area (Å²) >= 11 is 5.90. The van der Waals surface area contributed by atoms with Crippen LogP contribution in [0.25, 0.3) is 23.1 Å². The Hall–Kier alpha value is -1.93. The molecule has 0 radical (unpaired) electrons. The van der Waals surface area contributed by atoms with Crippen molar-refractivity contribution in [3.05, 3.63) is 63.4 Å². The highest BCUT2D eigenvalue weighted by Gasteiger charge is 2.05. The maximum absolute atomic E-state index is 12.5. The Balaban J connectivity index is 0.000000956. The van der Waals surface area contributed by atoms with Crippen molar-refractivity contribution < 1.29 is 0 Å². The molecule has 0 saturated heterocycles. The first-order valence-corrected chi connectivity index (χ1v) is 6.93. The summed E-state index contributed by atoms with van der Waals surface area (Å²) in [6.45, 7) is 9.60. The van der Waals surface area contributed by atoms with E-state index in [0.717, 1.165) is 5.56 Å². The lowest BCUT2D eigenvalue weighted by Crippen LogP contribution is -2.04. The molecule has 0 amide bonds. The lowest BCUT2D eigenvalue weighted by Gasteiger charge is -1.94. The Bertz CT molecular complexity index is 705. The Kier molecular flexibility index (Phi) is 6.13. The van der Waals surface area contributed by atoms with Gasteiger partial charge in [-0.05, 0) is 24.6 Å². The van der Waals surface area contributed by atoms with Crippen LogP contribution in [0.5, 0.6) is 0 Å². The highest BCUT2D eigenvalue weighted by Crippen LogP contribution is 2.16. The molecule has 3 heteroatoms. The maximum atomic E-state index is 12.5. The summed E-state index contributed by atoms with van der Waals surface area (Å²) < 4.78 is 0. The van der Waals surface area contributed by atoms with E-state index in [-0.39, 0.29) is 5.43 Å². The van der Waals surface area contributed by atoms with Gasteiger partial charge in [0.1, 0.15) is 0 Å². The van der Waals surface area contributed by atoms with Crippen molar-refractivity contribution in [3.63, 3.8) is 0 Å². The third-order valence-electron chi connectivity index (χ3n) is 2.66. The highest BCUT2D eigenvalue weighted by molar-refractivity contribution is 6.31. The van der Waals surface area contributed by atoms with Gasteiger partial charge >= 0.3 is 0 Å². The lowest BCUT2D eigenvalue weighted by atomic mass is 10.1. The summed E-state index contributed by atoms with van der Waals surface area (Å²) in [5.41, 5.74) is 1.93. The SMILES string of the molecule is C=Cc1ccc2ncc(Cl)cc2c(=O)c1/C=C\C.CC. The molecular formula is C17H18ClNO. The van der Waals surface area contributed by atoms with Gasteiger partial charge in [-0.2, -0.15) is 0 Å². The third-order valence-corrected chi connectivity index (χ3v) is 2.87. The molecule has 2 aromatic rings. The molecule has 0 atom stereocenters. The van der Waals surface area contributed by atoms with E-state index in [4.69, 9.17) is 11.6 Å². The smallest absolute Gasteiger partial charge is 0.195 e. The number of pyridine rings is 1. The minimum atomic E-state index is -0.0852. The number of nitrogens with zero attached hydrogens (tertiary/aromatic N) is 1. The second-order valence-corrected chi connectivity index (χ2v) is 4.26. The topological polar surface area (TPSA) is 30.0 Å². The largest absolute Gasteiger partial charge is 0.289 e. The van der Waals surface area contributed by atoms with Crippen LogP contribution in [0.3, 0.4) is 0 Å². The summed E-state index contributed by atoms with van der Waals surface area (Å²) in [7, 11) is 0. The predicted molar refractivity (Wildman–Crippen MR) is 89.2 cm³/mol. The van der Waals surface area contributed by atoms with Crippen molar-refractivity contribution in [2.75, 3.05) is 0 Å². The third kappa shape index (κ3) is 3.34. The van der Waals surface area contributed by atoms with Gasteiger partial charge in [0.15, 0.2) is 5.43 Å². The van der Waals surface area contributed by atoms with Gasteiger partial charge in [0.25, 0.3) is 0 Å². The van der Waals surface area contributed by atoms with Gasteiger partial charge in [0, 0.05) is 17.1 Å². The second kappa shape index (κ2) is 7.61. The fourth-order valence-electron chi connectivity index (χ4n) is 1.82. The van der Waals surface area contributed by atoms with Crippen LogP contribution in [0, 0.1) is 0 Å². The molecule has 0 aliphatic rings. The number of rotatable bonds is 2. The normalized spacial score (nSPS) is 10.2. The van der Waals surface area contributed by atoms with Crippen LogP contribution in [0.4, 0.5) is 0 Å². The van der Waals surface area contributed by atoms with E-state index in [1.807, 2.05) is 32.9 Å². The molecule has 2 rings (SSSR count). The van der Waals surface area contributed by atoms with Gasteiger partial charge in [-0.25, -0.2) is 0 Å². The number of hydrogen-bond acceptors (Lipinski definition) is 2. The average Bonchev–Trinajstić information content (AvgIpc) is 2.60. The monoisotopic (exact) mass is 287 g/mol. The van der Waals surface area contributed by atoms with Gasteiger partial charge < -0.3 is 0 Å². The standard InChI is InChI=1S/C15H12ClNO.C2H6/c1-3-5-12-10(4-2)6-7-14-13(15(12)18)8-11(16)9-17-14;1-2/h3-9H,2H2,1H3;1-2H3/b5-3-;. The molecule has 0 aliphatic heterocycles. The van der Waals surface area contributed by atoms with Crippen molar-refractivity contribution in [2.24, 2.45) is 0 Å². The molecule has 1 heterocycles. The van der Waals surface area contributed by atoms with Crippen LogP contribution < -0.4 is 5.43 Å². The van der Waals surface area contributed by atoms with E-state index < -0.39 is 0 Å². The van der Waals surface area contributed by atoms with Crippen LogP contribution in [0.2, 0.25) is 5.02 Å². The van der Waals surface area contributed by atoms with E-state index in [9.17, 15) is 4.79 Å². The molecule has 0 aliphatic carbocycles. The zero-order valence-electron chi connectivity index (χ0n) is 12.0. The van der Waals surface area contributed by atoms with Crippen molar-refractivity contribution in [3.8, 4) is 0 Å². The Morgan fingerprint density at radius 3 is 2.60 bits per heavy atom. The number of halogens is 1. The van der Waals surface area contributed by atoms with E-state index in [2.05, 4.69) is 11.6 Å². The minimum absolute atomic E-state index is 0.0852. The highest BCUT2D eigenvalue weighted by atomic mass is 35.5. The zero-order chi connectivity index (χ0) is 15.1. The second-order valence-electron chi connectivity index (χ2n) is 3.82. The van der Waals surface area contributed by atoms with Crippen LogP contribution in [0.15, 0.2) is 41.8 Å². The molecule has 0 bridgehead atoms. The summed E-state index contributed by atoms with van der Waals surface area (Å²) in [6.07, 6.45) is 6.80. The molecule has 0 saturated carbocycles. The number of aromatic nitrogens is 1. The molecule has 0 fully saturated rings. The van der Waals surface area contributed by atoms with Crippen molar-refractivity contribution in [1.29, 1.82) is 0 Å². The minimum Gasteiger partial charge on any atom is -0.289 e. The molecule has 2 nitrogen and oxygen atoms in total. The number of fused-ring (bicyclic) bond motifs is 1. The van der Waals surface area contributed by atoms with Crippen molar-refractivity contribution in [2.45, 2.75) is 20.8 Å². The lowest BCUT2D eigenvalue weighted by molar-refractivity contribution is 1.41. The van der Waals surface area contributed by atoms with Crippen LogP contribution in [-0.2, 0) is 0 Å². The summed E-state index contributed by atoms with van der Waals surface area (Å²) in [4.78, 5) is 16.6. The molecule has 1 aromatic carbocycles. The summed E-state index contributed by atoms with van der Waals surface area (Å²) in [5, 5.41) is 0.973. The van der Waals surface area contributed by atoms with E-state index >= 15 is 0 Å². The molecule has 0 unspecified atom stereocenters. The van der Waals surface area contributed by atoms with Crippen LogP contribution in [-0.4, -0.2) is 4.98 Å². The molecule has 104 valence electrons. The average molecular weight is 288 g/mol. The summed E-state index contributed by atoms with van der Waals surface area (Å²) in [5.74, 6) is 0. The van der Waals surface area contributed by atoms with E-state index in [1.54, 1.807) is 24.3 Å². The molecular weight excluding hydrogens is 270 g/mol. The first-order valence-electron chi connectivity index (χ1n) is 6.55. The van der Waals surface area contributed by atoms with Gasteiger partial charge in [-0.1, -0.05) is 56.3 Å². The molecule has 1 aromatic heterocycles. The fraction of sp³-hybridized carbons (Fsp3) is 0.176. The van der Waals surface area contributed by atoms with Crippen LogP contribution in [0.1, 0.15) is 31.9 Å². The Morgan fingerprint density at radius 1 is 1.30 bits per heavy atom. The van der Waals surface area contributed by atoms with Crippen LogP contribution >= 0.6 is 11.6 Å².